The molecule has 0 bridgehead atoms. The van der Waals surface area contributed by atoms with Crippen molar-refractivity contribution in [2.75, 3.05) is 26.7 Å². The molecule has 0 aromatic heterocycles. The van der Waals surface area contributed by atoms with Crippen LogP contribution in [0.4, 0.5) is 0 Å². The van der Waals surface area contributed by atoms with Crippen molar-refractivity contribution in [1.29, 1.82) is 0 Å². The van der Waals surface area contributed by atoms with Crippen molar-refractivity contribution in [3.63, 3.8) is 0 Å². The fourth-order valence-electron chi connectivity index (χ4n) is 2.96. The summed E-state index contributed by atoms with van der Waals surface area (Å²) in [6, 6.07) is 9.99. The van der Waals surface area contributed by atoms with Gasteiger partial charge in [0, 0.05) is 19.7 Å². The largest absolute Gasteiger partial charge is 0.367 e. The normalized spacial score (nSPS) is 19.6. The Morgan fingerprint density at radius 3 is 2.55 bits per heavy atom. The fraction of sp³-hybridized carbons (Fsp3) is 0.611. The van der Waals surface area contributed by atoms with Gasteiger partial charge in [-0.25, -0.2) is 0 Å². The van der Waals surface area contributed by atoms with E-state index in [4.69, 9.17) is 4.74 Å². The summed E-state index contributed by atoms with van der Waals surface area (Å²) in [7, 11) is 1.58. The van der Waals surface area contributed by atoms with E-state index >= 15 is 0 Å². The van der Waals surface area contributed by atoms with E-state index in [-0.39, 0.29) is 5.91 Å². The predicted octanol–water partition coefficient (Wildman–Crippen LogP) is 2.61. The average molecular weight is 304 g/mol. The summed E-state index contributed by atoms with van der Waals surface area (Å²) in [5, 5.41) is 3.03. The maximum atomic E-state index is 12.4. The van der Waals surface area contributed by atoms with Crippen LogP contribution in [0.3, 0.4) is 0 Å². The topological polar surface area (TPSA) is 41.6 Å². The molecule has 1 heterocycles. The Hall–Kier alpha value is -1.39. The van der Waals surface area contributed by atoms with Gasteiger partial charge in [0.05, 0.1) is 0 Å². The lowest BCUT2D eigenvalue weighted by atomic mass is 9.98. The Balaban J connectivity index is 1.83. The molecule has 1 aromatic carbocycles. The molecule has 122 valence electrons. The molecule has 4 heteroatoms. The maximum absolute atomic E-state index is 12.4. The number of methoxy groups -OCH3 is 1. The summed E-state index contributed by atoms with van der Waals surface area (Å²) in [6.07, 6.45) is 1.97. The highest BCUT2D eigenvalue weighted by Gasteiger charge is 2.23. The Bertz CT molecular complexity index is 455. The van der Waals surface area contributed by atoms with Crippen molar-refractivity contribution in [3.8, 4) is 0 Å². The van der Waals surface area contributed by atoms with Crippen LogP contribution in [0.15, 0.2) is 30.3 Å². The smallest absolute Gasteiger partial charge is 0.253 e. The molecular weight excluding hydrogens is 276 g/mol. The molecule has 2 atom stereocenters. The fourth-order valence-corrected chi connectivity index (χ4v) is 2.96. The molecule has 1 amide bonds. The number of hydrogen-bond donors (Lipinski definition) is 1. The number of piperidine rings is 1. The monoisotopic (exact) mass is 304 g/mol. The van der Waals surface area contributed by atoms with Gasteiger partial charge in [0.2, 0.25) is 0 Å². The highest BCUT2D eigenvalue weighted by molar-refractivity contribution is 5.82. The molecule has 0 aliphatic carbocycles. The van der Waals surface area contributed by atoms with Crippen LogP contribution in [0.5, 0.6) is 0 Å². The molecule has 4 nitrogen and oxygen atoms in total. The lowest BCUT2D eigenvalue weighted by Gasteiger charge is -2.35. The first-order valence-corrected chi connectivity index (χ1v) is 8.21. The number of nitrogens with zero attached hydrogens (tertiary/aromatic N) is 1. The zero-order valence-electron chi connectivity index (χ0n) is 13.9. The van der Waals surface area contributed by atoms with Crippen LogP contribution in [0.1, 0.15) is 38.4 Å². The van der Waals surface area contributed by atoms with Crippen LogP contribution in [0, 0.1) is 5.92 Å². The minimum atomic E-state index is -0.533. The molecule has 2 rings (SSSR count). The number of benzene rings is 1. The first-order chi connectivity index (χ1) is 10.6. The van der Waals surface area contributed by atoms with Gasteiger partial charge in [-0.3, -0.25) is 9.69 Å². The van der Waals surface area contributed by atoms with Gasteiger partial charge in [0.15, 0.2) is 6.10 Å². The van der Waals surface area contributed by atoms with Crippen molar-refractivity contribution >= 4 is 5.91 Å². The SMILES string of the molecule is COC(C(=O)NCC(C)N1CCC(C)CC1)c1ccccc1. The summed E-state index contributed by atoms with van der Waals surface area (Å²) in [4.78, 5) is 14.8. The predicted molar refractivity (Wildman–Crippen MR) is 88.6 cm³/mol. The third-order valence-corrected chi connectivity index (χ3v) is 4.59. The molecule has 1 aliphatic rings. The average Bonchev–Trinajstić information content (AvgIpc) is 2.55. The number of amides is 1. The van der Waals surface area contributed by atoms with Crippen molar-refractivity contribution in [1.82, 2.24) is 10.2 Å². The summed E-state index contributed by atoms with van der Waals surface area (Å²) in [5.41, 5.74) is 0.891. The van der Waals surface area contributed by atoms with Gasteiger partial charge in [0.25, 0.3) is 5.91 Å². The van der Waals surface area contributed by atoms with E-state index in [1.165, 1.54) is 12.8 Å². The van der Waals surface area contributed by atoms with E-state index in [0.29, 0.717) is 12.6 Å². The van der Waals surface area contributed by atoms with Gasteiger partial charge < -0.3 is 10.1 Å². The lowest BCUT2D eigenvalue weighted by molar-refractivity contribution is -0.131. The van der Waals surface area contributed by atoms with E-state index in [2.05, 4.69) is 24.1 Å². The minimum Gasteiger partial charge on any atom is -0.367 e. The molecule has 0 spiro atoms. The Labute approximate surface area is 133 Å². The lowest BCUT2D eigenvalue weighted by Crippen LogP contribution is -2.46. The number of ether oxygens (including phenoxy) is 1. The third kappa shape index (κ3) is 4.55. The Morgan fingerprint density at radius 2 is 1.95 bits per heavy atom. The Kier molecular flexibility index (Phi) is 6.40. The van der Waals surface area contributed by atoms with Gasteiger partial charge >= 0.3 is 0 Å². The number of rotatable bonds is 6. The quantitative estimate of drug-likeness (QED) is 0.878. The number of likely N-dealkylation sites (tertiary alicyclic amines) is 1. The molecule has 2 unspecified atom stereocenters. The van der Waals surface area contributed by atoms with Gasteiger partial charge in [-0.15, -0.1) is 0 Å². The molecule has 1 aliphatic heterocycles. The summed E-state index contributed by atoms with van der Waals surface area (Å²) in [6.45, 7) is 7.42. The number of carbonyl (C=O) groups excluding carboxylic acids is 1. The highest BCUT2D eigenvalue weighted by atomic mass is 16.5. The number of nitrogens with one attached hydrogen (secondary N) is 1. The molecule has 1 fully saturated rings. The third-order valence-electron chi connectivity index (χ3n) is 4.59. The van der Waals surface area contributed by atoms with Crippen LogP contribution in [0.2, 0.25) is 0 Å². The molecule has 1 N–H and O–H groups in total. The first-order valence-electron chi connectivity index (χ1n) is 8.21. The molecule has 1 aromatic rings. The van der Waals surface area contributed by atoms with E-state index in [9.17, 15) is 4.79 Å². The molecular formula is C18H28N2O2. The van der Waals surface area contributed by atoms with Gasteiger partial charge in [0.1, 0.15) is 0 Å². The number of carbonyl (C=O) groups is 1. The summed E-state index contributed by atoms with van der Waals surface area (Å²) in [5.74, 6) is 0.764. The maximum Gasteiger partial charge on any atom is 0.253 e. The zero-order valence-corrected chi connectivity index (χ0v) is 13.9. The van der Waals surface area contributed by atoms with Crippen molar-refractivity contribution < 1.29 is 9.53 Å². The van der Waals surface area contributed by atoms with Crippen LogP contribution in [0.25, 0.3) is 0 Å². The van der Waals surface area contributed by atoms with Crippen molar-refractivity contribution in [3.05, 3.63) is 35.9 Å². The van der Waals surface area contributed by atoms with Crippen LogP contribution in [-0.4, -0.2) is 43.6 Å². The molecule has 22 heavy (non-hydrogen) atoms. The zero-order chi connectivity index (χ0) is 15.9. The second-order valence-corrected chi connectivity index (χ2v) is 6.34. The van der Waals surface area contributed by atoms with Crippen molar-refractivity contribution in [2.45, 2.75) is 38.8 Å². The minimum absolute atomic E-state index is 0.0640. The van der Waals surface area contributed by atoms with E-state index in [0.717, 1.165) is 24.6 Å². The van der Waals surface area contributed by atoms with E-state index in [1.54, 1.807) is 7.11 Å². The van der Waals surface area contributed by atoms with E-state index < -0.39 is 6.10 Å². The Morgan fingerprint density at radius 1 is 1.32 bits per heavy atom. The van der Waals surface area contributed by atoms with Gasteiger partial charge in [-0.2, -0.15) is 0 Å². The van der Waals surface area contributed by atoms with Crippen molar-refractivity contribution in [2.24, 2.45) is 5.92 Å². The molecule has 0 saturated carbocycles. The second-order valence-electron chi connectivity index (χ2n) is 6.34. The first kappa shape index (κ1) is 17.0. The highest BCUT2D eigenvalue weighted by Crippen LogP contribution is 2.18. The van der Waals surface area contributed by atoms with Gasteiger partial charge in [-0.1, -0.05) is 37.3 Å². The van der Waals surface area contributed by atoms with Crippen LogP contribution in [-0.2, 0) is 9.53 Å². The summed E-state index contributed by atoms with van der Waals surface area (Å²) >= 11 is 0. The molecule has 1 saturated heterocycles. The van der Waals surface area contributed by atoms with Crippen LogP contribution < -0.4 is 5.32 Å². The van der Waals surface area contributed by atoms with Crippen LogP contribution >= 0.6 is 0 Å². The second kappa shape index (κ2) is 8.30. The van der Waals surface area contributed by atoms with Gasteiger partial charge in [-0.05, 0) is 44.3 Å². The molecule has 0 radical (unpaired) electrons. The standard InChI is InChI=1S/C18H28N2O2/c1-14-9-11-20(12-10-14)15(2)13-19-18(21)17(22-3)16-7-5-4-6-8-16/h4-8,14-15,17H,9-13H2,1-3H3,(H,19,21). The number of hydrogen-bond acceptors (Lipinski definition) is 3. The summed E-state index contributed by atoms with van der Waals surface area (Å²) < 4.78 is 5.36. The van der Waals surface area contributed by atoms with E-state index in [1.807, 2.05) is 30.3 Å².